The second-order valence-corrected chi connectivity index (χ2v) is 12.1. The van der Waals surface area contributed by atoms with Crippen molar-refractivity contribution in [3.63, 3.8) is 0 Å². The number of hydrogen-bond acceptors (Lipinski definition) is 10. The molecule has 264 valence electrons. The van der Waals surface area contributed by atoms with E-state index in [4.69, 9.17) is 24.7 Å². The minimum Gasteiger partial charge on any atom is -0.379 e. The van der Waals surface area contributed by atoms with Gasteiger partial charge in [-0.25, -0.2) is 9.48 Å². The second-order valence-electron chi connectivity index (χ2n) is 12.1. The Balaban J connectivity index is 2.17. The lowest BCUT2D eigenvalue weighted by molar-refractivity contribution is -0.133. The molecule has 0 aliphatic carbocycles. The Hall–Kier alpha value is -3.14. The first-order valence-corrected chi connectivity index (χ1v) is 16.3. The number of primary amides is 1. The molecule has 5 N–H and O–H groups in total. The predicted octanol–water partition coefficient (Wildman–Crippen LogP) is 1.23. The molecule has 0 saturated carbocycles. The zero-order valence-corrected chi connectivity index (χ0v) is 28.5. The number of ketones is 1. The van der Waals surface area contributed by atoms with Gasteiger partial charge in [0.2, 0.25) is 11.8 Å². The molecule has 0 saturated heterocycles. The van der Waals surface area contributed by atoms with Crippen molar-refractivity contribution in [3.8, 4) is 0 Å². The third-order valence-electron chi connectivity index (χ3n) is 6.82. The van der Waals surface area contributed by atoms with Crippen LogP contribution in [-0.4, -0.2) is 110 Å². The number of amides is 4. The number of nitrogens with zero attached hydrogens (tertiary/aromatic N) is 3. The number of rotatable bonds is 27. The average Bonchev–Trinajstić information content (AvgIpc) is 3.42. The Bertz CT molecular complexity index is 1020. The Morgan fingerprint density at radius 2 is 1.43 bits per heavy atom. The molecular weight excluding hydrogens is 598 g/mol. The summed E-state index contributed by atoms with van der Waals surface area (Å²) in [6, 6.07) is -2.20. The molecule has 0 aromatic carbocycles. The standard InChI is InChI=1S/C31H57N7O8/c1-22(2)20-25-21-34-37-38(25)11-13-44-15-17-46-19-18-45-16-14-43-12-9-27(39)36-28(23(3)4)30(41)35-26(29(40)24(5)6)8-7-10-33-31(32)42/h21-24,26,28H,7-20H2,1-6H3,(H,35,41)(H,36,39)(H3,32,33,42). The van der Waals surface area contributed by atoms with E-state index in [1.54, 1.807) is 20.0 Å². The first-order chi connectivity index (χ1) is 21.9. The lowest BCUT2D eigenvalue weighted by Gasteiger charge is -2.26. The number of nitrogens with two attached hydrogens (primary N) is 1. The summed E-state index contributed by atoms with van der Waals surface area (Å²) < 4.78 is 24.0. The fourth-order valence-corrected chi connectivity index (χ4v) is 4.37. The lowest BCUT2D eigenvalue weighted by atomic mass is 9.96. The van der Waals surface area contributed by atoms with Gasteiger partial charge in [0.1, 0.15) is 6.04 Å². The highest BCUT2D eigenvalue weighted by molar-refractivity contribution is 5.93. The highest BCUT2D eigenvalue weighted by Gasteiger charge is 2.29. The van der Waals surface area contributed by atoms with Gasteiger partial charge < -0.3 is 40.6 Å². The average molecular weight is 656 g/mol. The van der Waals surface area contributed by atoms with Crippen molar-refractivity contribution in [2.45, 2.75) is 85.9 Å². The molecule has 0 aliphatic rings. The molecule has 0 aliphatic heterocycles. The van der Waals surface area contributed by atoms with Crippen molar-refractivity contribution in [1.82, 2.24) is 30.9 Å². The van der Waals surface area contributed by atoms with Gasteiger partial charge in [0, 0.05) is 18.9 Å². The summed E-state index contributed by atoms with van der Waals surface area (Å²) in [4.78, 5) is 49.1. The van der Waals surface area contributed by atoms with Crippen LogP contribution >= 0.6 is 0 Å². The van der Waals surface area contributed by atoms with Crippen LogP contribution in [0, 0.1) is 17.8 Å². The number of urea groups is 1. The van der Waals surface area contributed by atoms with E-state index >= 15 is 0 Å². The Kier molecular flexibility index (Phi) is 21.4. The number of Topliss-reactive ketones (excluding diaryl/α,β-unsaturated/α-hetero) is 1. The van der Waals surface area contributed by atoms with Crippen LogP contribution in [0.1, 0.15) is 66.5 Å². The van der Waals surface area contributed by atoms with Gasteiger partial charge in [-0.05, 0) is 31.1 Å². The van der Waals surface area contributed by atoms with Crippen LogP contribution in [-0.2, 0) is 46.3 Å². The van der Waals surface area contributed by atoms with Crippen LogP contribution in [0.15, 0.2) is 6.20 Å². The van der Waals surface area contributed by atoms with Crippen molar-refractivity contribution in [3.05, 3.63) is 11.9 Å². The molecule has 0 fully saturated rings. The Labute approximate surface area is 273 Å². The quantitative estimate of drug-likeness (QED) is 0.100. The lowest BCUT2D eigenvalue weighted by Crippen LogP contribution is -2.54. The molecule has 1 rings (SSSR count). The SMILES string of the molecule is CC(C)Cc1cnnn1CCOCCOCCOCCOCCC(=O)NC(C(=O)NC(CCCNC(N)=O)C(=O)C(C)C)C(C)C. The van der Waals surface area contributed by atoms with E-state index < -0.39 is 24.0 Å². The zero-order chi connectivity index (χ0) is 34.3. The summed E-state index contributed by atoms with van der Waals surface area (Å²) in [6.07, 6.45) is 3.60. The van der Waals surface area contributed by atoms with Gasteiger partial charge in [0.05, 0.1) is 77.3 Å². The summed E-state index contributed by atoms with van der Waals surface area (Å²) in [5, 5.41) is 16.1. The van der Waals surface area contributed by atoms with Crippen LogP contribution in [0.3, 0.4) is 0 Å². The van der Waals surface area contributed by atoms with Crippen molar-refractivity contribution in [2.75, 3.05) is 59.4 Å². The molecule has 2 unspecified atom stereocenters. The minimum atomic E-state index is -0.816. The molecule has 0 bridgehead atoms. The fourth-order valence-electron chi connectivity index (χ4n) is 4.37. The summed E-state index contributed by atoms with van der Waals surface area (Å²) in [5.41, 5.74) is 6.19. The molecule has 4 amide bonds. The third kappa shape index (κ3) is 18.7. The Morgan fingerprint density at radius 3 is 1.98 bits per heavy atom. The van der Waals surface area contributed by atoms with Crippen LogP contribution in [0.2, 0.25) is 0 Å². The molecule has 0 spiro atoms. The molecule has 1 aromatic rings. The van der Waals surface area contributed by atoms with Gasteiger partial charge in [0.25, 0.3) is 0 Å². The van der Waals surface area contributed by atoms with E-state index in [0.29, 0.717) is 71.6 Å². The molecule has 46 heavy (non-hydrogen) atoms. The maximum Gasteiger partial charge on any atom is 0.312 e. The third-order valence-corrected chi connectivity index (χ3v) is 6.82. The zero-order valence-electron chi connectivity index (χ0n) is 28.5. The first kappa shape index (κ1) is 40.9. The number of hydrogen-bond donors (Lipinski definition) is 4. The highest BCUT2D eigenvalue weighted by Crippen LogP contribution is 2.09. The van der Waals surface area contributed by atoms with Gasteiger partial charge in [-0.3, -0.25) is 14.4 Å². The number of nitrogens with one attached hydrogen (secondary N) is 3. The molecule has 1 aromatic heterocycles. The summed E-state index contributed by atoms with van der Waals surface area (Å²) >= 11 is 0. The molecule has 1 heterocycles. The molecule has 0 radical (unpaired) electrons. The molecule has 15 heteroatoms. The first-order valence-electron chi connectivity index (χ1n) is 16.3. The van der Waals surface area contributed by atoms with Crippen molar-refractivity contribution in [1.29, 1.82) is 0 Å². The van der Waals surface area contributed by atoms with Gasteiger partial charge >= 0.3 is 6.03 Å². The van der Waals surface area contributed by atoms with Crippen LogP contribution < -0.4 is 21.7 Å². The number of carbonyl (C=O) groups is 4. The number of carbonyl (C=O) groups excluding carboxylic acids is 4. The topological polar surface area (TPSA) is 198 Å². The largest absolute Gasteiger partial charge is 0.379 e. The number of aromatic nitrogens is 3. The predicted molar refractivity (Wildman–Crippen MR) is 172 cm³/mol. The van der Waals surface area contributed by atoms with E-state index in [1.807, 2.05) is 18.5 Å². The molecular formula is C31H57N7O8. The minimum absolute atomic E-state index is 0.0721. The van der Waals surface area contributed by atoms with Crippen LogP contribution in [0.4, 0.5) is 4.79 Å². The van der Waals surface area contributed by atoms with Crippen molar-refractivity contribution in [2.24, 2.45) is 23.5 Å². The second kappa shape index (κ2) is 24.1. The smallest absolute Gasteiger partial charge is 0.312 e. The summed E-state index contributed by atoms with van der Waals surface area (Å²) in [7, 11) is 0. The van der Waals surface area contributed by atoms with E-state index in [-0.39, 0.29) is 43.1 Å². The maximum absolute atomic E-state index is 13.0. The summed E-state index contributed by atoms with van der Waals surface area (Å²) in [6.45, 7) is 15.6. The normalized spacial score (nSPS) is 12.8. The van der Waals surface area contributed by atoms with Crippen molar-refractivity contribution < 1.29 is 38.1 Å². The maximum atomic E-state index is 13.0. The van der Waals surface area contributed by atoms with Crippen molar-refractivity contribution >= 4 is 23.6 Å². The van der Waals surface area contributed by atoms with Crippen LogP contribution in [0.5, 0.6) is 0 Å². The highest BCUT2D eigenvalue weighted by atomic mass is 16.6. The monoisotopic (exact) mass is 655 g/mol. The van der Waals surface area contributed by atoms with Gasteiger partial charge in [-0.15, -0.1) is 5.10 Å². The van der Waals surface area contributed by atoms with Gasteiger partial charge in [-0.2, -0.15) is 0 Å². The van der Waals surface area contributed by atoms with E-state index in [0.717, 1.165) is 12.1 Å². The van der Waals surface area contributed by atoms with Gasteiger partial charge in [-0.1, -0.05) is 46.8 Å². The van der Waals surface area contributed by atoms with E-state index in [2.05, 4.69) is 40.1 Å². The number of ether oxygens (including phenoxy) is 4. The Morgan fingerprint density at radius 1 is 0.848 bits per heavy atom. The van der Waals surface area contributed by atoms with E-state index in [1.165, 1.54) is 0 Å². The van der Waals surface area contributed by atoms with Gasteiger partial charge in [0.15, 0.2) is 5.78 Å². The molecule has 15 nitrogen and oxygen atoms in total. The van der Waals surface area contributed by atoms with E-state index in [9.17, 15) is 19.2 Å². The van der Waals surface area contributed by atoms with Crippen LogP contribution in [0.25, 0.3) is 0 Å². The summed E-state index contributed by atoms with van der Waals surface area (Å²) in [5.74, 6) is -0.849. The molecule has 2 atom stereocenters. The fraction of sp³-hybridized carbons (Fsp3) is 0.806.